The van der Waals surface area contributed by atoms with E-state index in [4.69, 9.17) is 32.7 Å². The lowest BCUT2D eigenvalue weighted by molar-refractivity contribution is -0.149. The molecule has 28 heavy (non-hydrogen) atoms. The number of amides is 2. The number of esters is 2. The third-order valence-corrected chi connectivity index (χ3v) is 5.94. The molecule has 9 heteroatoms. The van der Waals surface area contributed by atoms with E-state index in [9.17, 15) is 14.4 Å². The maximum atomic E-state index is 12.6. The number of ether oxygens (including phenoxy) is 2. The van der Waals surface area contributed by atoms with Gasteiger partial charge in [-0.25, -0.2) is 9.59 Å². The van der Waals surface area contributed by atoms with E-state index >= 15 is 0 Å². The highest BCUT2D eigenvalue weighted by atomic mass is 35.5. The minimum absolute atomic E-state index is 0.156. The summed E-state index contributed by atoms with van der Waals surface area (Å²) in [6.45, 7) is 3.12. The van der Waals surface area contributed by atoms with Crippen LogP contribution in [-0.4, -0.2) is 35.5 Å². The third kappa shape index (κ3) is 3.82. The molecule has 1 aromatic rings. The van der Waals surface area contributed by atoms with Gasteiger partial charge in [0, 0.05) is 6.42 Å². The van der Waals surface area contributed by atoms with Crippen molar-refractivity contribution < 1.29 is 23.9 Å². The molecule has 0 aromatic heterocycles. The van der Waals surface area contributed by atoms with E-state index in [0.717, 1.165) is 0 Å². The molecule has 1 saturated carbocycles. The summed E-state index contributed by atoms with van der Waals surface area (Å²) in [4.78, 5) is 37.1. The Labute approximate surface area is 172 Å². The molecule has 0 spiro atoms. The minimum Gasteiger partial charge on any atom is -0.463 e. The van der Waals surface area contributed by atoms with Crippen LogP contribution in [0, 0.1) is 5.41 Å². The van der Waals surface area contributed by atoms with Crippen LogP contribution < -0.4 is 10.6 Å². The van der Waals surface area contributed by atoms with E-state index < -0.39 is 33.8 Å². The Hall–Kier alpha value is -2.25. The molecule has 2 atom stereocenters. The van der Waals surface area contributed by atoms with Gasteiger partial charge in [0.05, 0.1) is 23.9 Å². The molecule has 2 amide bonds. The van der Waals surface area contributed by atoms with Crippen LogP contribution >= 0.6 is 23.2 Å². The fraction of sp³-hybridized carbons (Fsp3) is 0.421. The van der Waals surface area contributed by atoms with E-state index in [0.29, 0.717) is 5.56 Å². The average Bonchev–Trinajstić information content (AvgIpc) is 3.19. The summed E-state index contributed by atoms with van der Waals surface area (Å²) < 4.78 is 9.29. The number of carbonyl (C=O) groups is 3. The Morgan fingerprint density at radius 1 is 1.21 bits per heavy atom. The van der Waals surface area contributed by atoms with Gasteiger partial charge in [-0.3, -0.25) is 4.79 Å². The molecule has 0 bridgehead atoms. The molecule has 2 aliphatic rings. The Morgan fingerprint density at radius 2 is 1.86 bits per heavy atom. The largest absolute Gasteiger partial charge is 0.463 e. The number of hydrogen-bond donors (Lipinski definition) is 2. The van der Waals surface area contributed by atoms with Crippen LogP contribution in [0.1, 0.15) is 31.9 Å². The summed E-state index contributed by atoms with van der Waals surface area (Å²) in [5.74, 6) is -1.21. The Bertz CT molecular complexity index is 840. The number of hydrogen-bond acceptors (Lipinski definition) is 5. The van der Waals surface area contributed by atoms with Gasteiger partial charge in [0.25, 0.3) is 0 Å². The van der Waals surface area contributed by atoms with Crippen LogP contribution in [0.5, 0.6) is 0 Å². The topological polar surface area (TPSA) is 93.7 Å². The van der Waals surface area contributed by atoms with Gasteiger partial charge in [0.1, 0.15) is 16.4 Å². The van der Waals surface area contributed by atoms with Crippen molar-refractivity contribution in [3.8, 4) is 0 Å². The Kier molecular flexibility index (Phi) is 5.59. The lowest BCUT2D eigenvalue weighted by atomic mass is 9.95. The fourth-order valence-corrected chi connectivity index (χ4v) is 3.68. The molecule has 0 radical (unpaired) electrons. The van der Waals surface area contributed by atoms with Gasteiger partial charge in [0.2, 0.25) is 0 Å². The van der Waals surface area contributed by atoms with Crippen molar-refractivity contribution in [3.05, 3.63) is 47.2 Å². The fourth-order valence-electron chi connectivity index (χ4n) is 3.00. The first-order chi connectivity index (χ1) is 13.2. The average molecular weight is 427 g/mol. The number of nitrogens with one attached hydrogen (secondary N) is 2. The van der Waals surface area contributed by atoms with Gasteiger partial charge in [-0.1, -0.05) is 30.3 Å². The molecular formula is C19H20Cl2N2O5. The summed E-state index contributed by atoms with van der Waals surface area (Å²) in [6.07, 6.45) is 0.270. The normalized spacial score (nSPS) is 25.4. The maximum absolute atomic E-state index is 12.6. The second kappa shape index (κ2) is 7.64. The standard InChI is InChI=1S/C19H20Cl2N2O5/c1-3-27-15(24)13-12(9-28-16(25)18(2)10-19(18,20)21)22-17(26)23-14(13)11-7-5-4-6-8-11/h4-8,14H,3,9-10H2,1-2H3,(H2,22,23,26)/t14-,18-/m0/s1. The second-order valence-electron chi connectivity index (χ2n) is 6.84. The quantitative estimate of drug-likeness (QED) is 0.538. The lowest BCUT2D eigenvalue weighted by Gasteiger charge is -2.29. The van der Waals surface area contributed by atoms with E-state index in [2.05, 4.69) is 10.6 Å². The molecule has 1 aliphatic heterocycles. The first kappa shape index (κ1) is 20.5. The molecule has 1 heterocycles. The number of benzene rings is 1. The summed E-state index contributed by atoms with van der Waals surface area (Å²) >= 11 is 12.0. The highest BCUT2D eigenvalue weighted by molar-refractivity contribution is 6.53. The Balaban J connectivity index is 1.89. The number of carbonyl (C=O) groups excluding carboxylic acids is 3. The van der Waals surface area contributed by atoms with E-state index in [1.165, 1.54) is 0 Å². The maximum Gasteiger partial charge on any atom is 0.338 e. The van der Waals surface area contributed by atoms with Crippen LogP contribution in [0.25, 0.3) is 0 Å². The molecular weight excluding hydrogens is 407 g/mol. The minimum atomic E-state index is -1.17. The van der Waals surface area contributed by atoms with Gasteiger partial charge in [-0.2, -0.15) is 0 Å². The summed E-state index contributed by atoms with van der Waals surface area (Å²) in [7, 11) is 0. The zero-order valence-corrected chi connectivity index (χ0v) is 16.9. The van der Waals surface area contributed by atoms with Gasteiger partial charge in [-0.15, -0.1) is 23.2 Å². The zero-order chi connectivity index (χ0) is 20.5. The first-order valence-corrected chi connectivity index (χ1v) is 9.53. The highest BCUT2D eigenvalue weighted by Gasteiger charge is 2.69. The predicted octanol–water partition coefficient (Wildman–Crippen LogP) is 2.98. The SMILES string of the molecule is CCOC(=O)C1=C(COC(=O)[C@]2(C)CC2(Cl)Cl)NC(=O)N[C@H]1c1ccccc1. The smallest absolute Gasteiger partial charge is 0.338 e. The van der Waals surface area contributed by atoms with Crippen LogP contribution in [0.2, 0.25) is 0 Å². The molecule has 1 aliphatic carbocycles. The molecule has 3 rings (SSSR count). The van der Waals surface area contributed by atoms with Crippen molar-refractivity contribution in [1.82, 2.24) is 10.6 Å². The second-order valence-corrected chi connectivity index (χ2v) is 8.33. The van der Waals surface area contributed by atoms with E-state index in [1.54, 1.807) is 38.1 Å². The number of halogens is 2. The summed E-state index contributed by atoms with van der Waals surface area (Å²) in [6, 6.07) is 7.71. The number of urea groups is 1. The van der Waals surface area contributed by atoms with Gasteiger partial charge in [0.15, 0.2) is 0 Å². The summed E-state index contributed by atoms with van der Waals surface area (Å²) in [5.41, 5.74) is 0.00277. The molecule has 1 aromatic carbocycles. The van der Waals surface area contributed by atoms with Gasteiger partial charge < -0.3 is 20.1 Å². The molecule has 150 valence electrons. The van der Waals surface area contributed by atoms with Crippen LogP contribution in [0.4, 0.5) is 4.79 Å². The Morgan fingerprint density at radius 3 is 2.43 bits per heavy atom. The van der Waals surface area contributed by atoms with Crippen molar-refractivity contribution in [3.63, 3.8) is 0 Å². The third-order valence-electron chi connectivity index (χ3n) is 4.84. The first-order valence-electron chi connectivity index (χ1n) is 8.77. The highest BCUT2D eigenvalue weighted by Crippen LogP contribution is 2.64. The van der Waals surface area contributed by atoms with Crippen molar-refractivity contribution in [2.75, 3.05) is 13.2 Å². The molecule has 0 saturated heterocycles. The van der Waals surface area contributed by atoms with Crippen molar-refractivity contribution in [2.45, 2.75) is 30.6 Å². The zero-order valence-electron chi connectivity index (χ0n) is 15.4. The predicted molar refractivity (Wildman–Crippen MR) is 103 cm³/mol. The molecule has 0 unspecified atom stereocenters. The van der Waals surface area contributed by atoms with Crippen LogP contribution in [-0.2, 0) is 19.1 Å². The van der Waals surface area contributed by atoms with Crippen molar-refractivity contribution >= 4 is 41.2 Å². The molecule has 1 fully saturated rings. The van der Waals surface area contributed by atoms with E-state index in [-0.39, 0.29) is 30.9 Å². The van der Waals surface area contributed by atoms with Crippen molar-refractivity contribution in [2.24, 2.45) is 5.41 Å². The molecule has 2 N–H and O–H groups in total. The van der Waals surface area contributed by atoms with Gasteiger partial charge in [-0.05, 0) is 19.4 Å². The van der Waals surface area contributed by atoms with Crippen LogP contribution in [0.3, 0.4) is 0 Å². The number of alkyl halides is 2. The van der Waals surface area contributed by atoms with Crippen molar-refractivity contribution in [1.29, 1.82) is 0 Å². The number of rotatable bonds is 6. The van der Waals surface area contributed by atoms with Gasteiger partial charge >= 0.3 is 18.0 Å². The monoisotopic (exact) mass is 426 g/mol. The van der Waals surface area contributed by atoms with Crippen LogP contribution in [0.15, 0.2) is 41.6 Å². The summed E-state index contributed by atoms with van der Waals surface area (Å²) in [5, 5.41) is 5.24. The van der Waals surface area contributed by atoms with E-state index in [1.807, 2.05) is 6.07 Å². The molecule has 7 nitrogen and oxygen atoms in total. The lowest BCUT2D eigenvalue weighted by Crippen LogP contribution is -2.47.